The van der Waals surface area contributed by atoms with Crippen molar-refractivity contribution in [2.75, 3.05) is 0 Å². The van der Waals surface area contributed by atoms with E-state index in [0.717, 1.165) is 0 Å². The summed E-state index contributed by atoms with van der Waals surface area (Å²) in [5.74, 6) is 0. The third-order valence-electron chi connectivity index (χ3n) is 4.77. The van der Waals surface area contributed by atoms with Gasteiger partial charge in [0.1, 0.15) is 0 Å². The van der Waals surface area contributed by atoms with Crippen LogP contribution >= 0.6 is 0 Å². The molecule has 0 nitrogen and oxygen atoms in total. The van der Waals surface area contributed by atoms with Gasteiger partial charge in [-0.1, -0.05) is 88.8 Å². The fourth-order valence-electron chi connectivity index (χ4n) is 3.49. The van der Waals surface area contributed by atoms with Gasteiger partial charge in [0.05, 0.1) is 0 Å². The van der Waals surface area contributed by atoms with Crippen LogP contribution in [0.15, 0.2) is 30.3 Å². The van der Waals surface area contributed by atoms with Crippen LogP contribution in [0.1, 0.15) is 76.3 Å². The Bertz CT molecular complexity index is 417. The lowest BCUT2D eigenvalue weighted by molar-refractivity contribution is 0.294. The van der Waals surface area contributed by atoms with Gasteiger partial charge in [-0.15, -0.1) is 0 Å². The molecule has 0 aliphatic heterocycles. The van der Waals surface area contributed by atoms with Gasteiger partial charge in [-0.05, 0) is 35.8 Å². The largest absolute Gasteiger partial charge is 0.0774 e. The van der Waals surface area contributed by atoms with Crippen molar-refractivity contribution in [2.24, 2.45) is 5.41 Å². The summed E-state index contributed by atoms with van der Waals surface area (Å²) in [6.07, 6.45) is 17.1. The average molecular weight is 270 g/mol. The molecule has 2 rings (SSSR count). The van der Waals surface area contributed by atoms with Crippen molar-refractivity contribution in [1.82, 2.24) is 0 Å². The van der Waals surface area contributed by atoms with Crippen molar-refractivity contribution in [3.8, 4) is 0 Å². The first-order valence-electron chi connectivity index (χ1n) is 8.57. The highest BCUT2D eigenvalue weighted by Crippen LogP contribution is 2.41. The van der Waals surface area contributed by atoms with Crippen LogP contribution in [0.2, 0.25) is 0 Å². The number of hydrogen-bond donors (Lipinski definition) is 0. The summed E-state index contributed by atoms with van der Waals surface area (Å²) in [5, 5.41) is 0. The molecule has 1 aliphatic carbocycles. The van der Waals surface area contributed by atoms with Gasteiger partial charge < -0.3 is 0 Å². The van der Waals surface area contributed by atoms with Crippen LogP contribution in [0.25, 0.3) is 6.08 Å². The molecule has 20 heavy (non-hydrogen) atoms. The summed E-state index contributed by atoms with van der Waals surface area (Å²) in [7, 11) is 0. The van der Waals surface area contributed by atoms with Gasteiger partial charge in [0, 0.05) is 0 Å². The van der Waals surface area contributed by atoms with Crippen LogP contribution < -0.4 is 0 Å². The molecule has 110 valence electrons. The smallest absolute Gasteiger partial charge is 0.00743 e. The summed E-state index contributed by atoms with van der Waals surface area (Å²) in [6.45, 7) is 4.60. The Balaban J connectivity index is 2.08. The van der Waals surface area contributed by atoms with Crippen molar-refractivity contribution in [3.63, 3.8) is 0 Å². The second kappa shape index (κ2) is 7.67. The highest BCUT2D eigenvalue weighted by atomic mass is 14.3. The van der Waals surface area contributed by atoms with E-state index in [0.29, 0.717) is 5.41 Å². The van der Waals surface area contributed by atoms with Crippen LogP contribution in [0.5, 0.6) is 0 Å². The predicted octanol–water partition coefficient (Wildman–Crippen LogP) is 6.40. The molecule has 1 aromatic carbocycles. The first-order valence-corrected chi connectivity index (χ1v) is 8.57. The first kappa shape index (κ1) is 15.4. The van der Waals surface area contributed by atoms with Gasteiger partial charge in [0.2, 0.25) is 0 Å². The van der Waals surface area contributed by atoms with Crippen molar-refractivity contribution in [1.29, 1.82) is 0 Å². The zero-order chi connectivity index (χ0) is 14.3. The highest BCUT2D eigenvalue weighted by molar-refractivity contribution is 5.57. The molecule has 0 saturated carbocycles. The molecule has 0 atom stereocenters. The molecular formula is C20H30. The summed E-state index contributed by atoms with van der Waals surface area (Å²) in [4.78, 5) is 0. The molecule has 0 radical (unpaired) electrons. The molecular weight excluding hydrogens is 240 g/mol. The third kappa shape index (κ3) is 3.98. The second-order valence-corrected chi connectivity index (χ2v) is 6.49. The Morgan fingerprint density at radius 3 is 2.20 bits per heavy atom. The van der Waals surface area contributed by atoms with Crippen LogP contribution in [0.3, 0.4) is 0 Å². The first-order chi connectivity index (χ1) is 9.79. The maximum atomic E-state index is 2.54. The molecule has 0 fully saturated rings. The average Bonchev–Trinajstić information content (AvgIpc) is 2.48. The van der Waals surface area contributed by atoms with Gasteiger partial charge >= 0.3 is 0 Å². The van der Waals surface area contributed by atoms with Crippen molar-refractivity contribution in [3.05, 3.63) is 41.5 Å². The minimum atomic E-state index is 0.443. The monoisotopic (exact) mass is 270 g/mol. The fraction of sp³-hybridized carbons (Fsp3) is 0.600. The number of unbranched alkanes of at least 4 members (excludes halogenated alkanes) is 4. The SMILES string of the molecule is CCCCCC1(CCCCC)C=Cc2ccccc2C1. The van der Waals surface area contributed by atoms with Crippen LogP contribution in [0.4, 0.5) is 0 Å². The van der Waals surface area contributed by atoms with E-state index in [1.165, 1.54) is 63.4 Å². The summed E-state index contributed by atoms with van der Waals surface area (Å²) in [5.41, 5.74) is 3.44. The molecule has 0 saturated heterocycles. The van der Waals surface area contributed by atoms with Gasteiger partial charge in [0.25, 0.3) is 0 Å². The lowest BCUT2D eigenvalue weighted by atomic mass is 9.70. The van der Waals surface area contributed by atoms with E-state index in [9.17, 15) is 0 Å². The zero-order valence-corrected chi connectivity index (χ0v) is 13.3. The van der Waals surface area contributed by atoms with Crippen LogP contribution in [-0.2, 0) is 6.42 Å². The lowest BCUT2D eigenvalue weighted by Crippen LogP contribution is -2.24. The van der Waals surface area contributed by atoms with E-state index in [1.807, 2.05) is 0 Å². The Morgan fingerprint density at radius 2 is 1.55 bits per heavy atom. The molecule has 0 amide bonds. The minimum Gasteiger partial charge on any atom is -0.0774 e. The highest BCUT2D eigenvalue weighted by Gasteiger charge is 2.29. The topological polar surface area (TPSA) is 0 Å². The number of rotatable bonds is 8. The van der Waals surface area contributed by atoms with E-state index in [4.69, 9.17) is 0 Å². The van der Waals surface area contributed by atoms with Gasteiger partial charge in [0.15, 0.2) is 0 Å². The quantitative estimate of drug-likeness (QED) is 0.479. The standard InChI is InChI=1S/C20H30/c1-3-5-9-14-20(15-10-6-4-2)16-13-18-11-7-8-12-19(18)17-20/h7-8,11-13,16H,3-6,9-10,14-15,17H2,1-2H3. The maximum absolute atomic E-state index is 2.54. The minimum absolute atomic E-state index is 0.443. The normalized spacial score (nSPS) is 16.1. The van der Waals surface area contributed by atoms with E-state index in [-0.39, 0.29) is 0 Å². The molecule has 1 aromatic rings. The molecule has 0 bridgehead atoms. The van der Waals surface area contributed by atoms with Crippen LogP contribution in [0, 0.1) is 5.41 Å². The fourth-order valence-corrected chi connectivity index (χ4v) is 3.49. The number of allylic oxidation sites excluding steroid dienone is 1. The van der Waals surface area contributed by atoms with Gasteiger partial charge in [-0.3, -0.25) is 0 Å². The van der Waals surface area contributed by atoms with E-state index < -0.39 is 0 Å². The number of benzene rings is 1. The van der Waals surface area contributed by atoms with Crippen molar-refractivity contribution < 1.29 is 0 Å². The van der Waals surface area contributed by atoms with E-state index >= 15 is 0 Å². The molecule has 1 aliphatic rings. The van der Waals surface area contributed by atoms with Crippen LogP contribution in [-0.4, -0.2) is 0 Å². The summed E-state index contributed by atoms with van der Waals surface area (Å²) < 4.78 is 0. The Kier molecular flexibility index (Phi) is 5.88. The van der Waals surface area contributed by atoms with Gasteiger partial charge in [-0.2, -0.15) is 0 Å². The lowest BCUT2D eigenvalue weighted by Gasteiger charge is -2.35. The Hall–Kier alpha value is -1.04. The molecule has 0 N–H and O–H groups in total. The predicted molar refractivity (Wildman–Crippen MR) is 89.9 cm³/mol. The number of fused-ring (bicyclic) bond motifs is 1. The van der Waals surface area contributed by atoms with Crippen molar-refractivity contribution >= 4 is 6.08 Å². The maximum Gasteiger partial charge on any atom is -0.00743 e. The molecule has 0 heterocycles. The molecule has 0 unspecified atom stereocenters. The van der Waals surface area contributed by atoms with Gasteiger partial charge in [-0.25, -0.2) is 0 Å². The second-order valence-electron chi connectivity index (χ2n) is 6.49. The summed E-state index contributed by atoms with van der Waals surface area (Å²) >= 11 is 0. The molecule has 0 aromatic heterocycles. The van der Waals surface area contributed by atoms with E-state index in [1.54, 1.807) is 5.56 Å². The van der Waals surface area contributed by atoms with Crippen molar-refractivity contribution in [2.45, 2.75) is 71.6 Å². The zero-order valence-electron chi connectivity index (χ0n) is 13.3. The third-order valence-corrected chi connectivity index (χ3v) is 4.77. The Morgan fingerprint density at radius 1 is 0.900 bits per heavy atom. The Labute approximate surface area is 125 Å². The summed E-state index contributed by atoms with van der Waals surface area (Å²) in [6, 6.07) is 8.94. The molecule has 0 spiro atoms. The molecule has 0 heteroatoms. The number of hydrogen-bond acceptors (Lipinski definition) is 0. The van der Waals surface area contributed by atoms with E-state index in [2.05, 4.69) is 50.3 Å².